The van der Waals surface area contributed by atoms with E-state index in [9.17, 15) is 15.0 Å². The quantitative estimate of drug-likeness (QED) is 0.0422. The van der Waals surface area contributed by atoms with Gasteiger partial charge in [-0.2, -0.15) is 0 Å². The van der Waals surface area contributed by atoms with Gasteiger partial charge in [0, 0.05) is 6.42 Å². The number of aliphatic hydroxyl groups excluding tert-OH is 2. The van der Waals surface area contributed by atoms with Crippen molar-refractivity contribution < 1.29 is 15.0 Å². The fraction of sp³-hybridized carbons (Fsp3) is 0.946. The summed E-state index contributed by atoms with van der Waals surface area (Å²) in [5.74, 6) is -0.0557. The van der Waals surface area contributed by atoms with Crippen LogP contribution in [-0.4, -0.2) is 34.9 Å². The van der Waals surface area contributed by atoms with Gasteiger partial charge < -0.3 is 15.5 Å². The highest BCUT2D eigenvalue weighted by Crippen LogP contribution is 2.18. The number of carbonyl (C=O) groups is 1. The van der Waals surface area contributed by atoms with Crippen LogP contribution in [0.3, 0.4) is 0 Å². The number of allylic oxidation sites excluding steroid dienone is 1. The lowest BCUT2D eigenvalue weighted by Crippen LogP contribution is -2.45. The normalized spacial score (nSPS) is 12.8. The summed E-state index contributed by atoms with van der Waals surface area (Å²) in [5.41, 5.74) is 0. The van der Waals surface area contributed by atoms with Gasteiger partial charge in [0.15, 0.2) is 0 Å². The number of nitrogens with one attached hydrogen (secondary N) is 1. The Morgan fingerprint density at radius 1 is 0.383 bits per heavy atom. The molecule has 0 spiro atoms. The van der Waals surface area contributed by atoms with E-state index in [0.29, 0.717) is 6.42 Å². The molecular weight excluding hydrogens is 735 g/mol. The van der Waals surface area contributed by atoms with Gasteiger partial charge in [0.05, 0.1) is 18.8 Å². The van der Waals surface area contributed by atoms with Gasteiger partial charge in [0.2, 0.25) is 5.91 Å². The Kier molecular flexibility index (Phi) is 51.7. The monoisotopic (exact) mass is 846 g/mol. The Hall–Kier alpha value is -0.870. The van der Waals surface area contributed by atoms with Gasteiger partial charge in [-0.25, -0.2) is 0 Å². The van der Waals surface area contributed by atoms with Crippen LogP contribution >= 0.6 is 0 Å². The van der Waals surface area contributed by atoms with Gasteiger partial charge in [-0.15, -0.1) is 0 Å². The predicted molar refractivity (Wildman–Crippen MR) is 267 cm³/mol. The highest BCUT2D eigenvalue weighted by Gasteiger charge is 2.18. The van der Waals surface area contributed by atoms with Crippen LogP contribution in [0.4, 0.5) is 0 Å². The Morgan fingerprint density at radius 3 is 0.867 bits per heavy atom. The molecule has 0 saturated heterocycles. The molecule has 358 valence electrons. The largest absolute Gasteiger partial charge is 0.394 e. The highest BCUT2D eigenvalue weighted by atomic mass is 16.3. The molecule has 0 heterocycles. The van der Waals surface area contributed by atoms with Crippen LogP contribution in [0.15, 0.2) is 12.2 Å². The van der Waals surface area contributed by atoms with Crippen molar-refractivity contribution in [2.45, 2.75) is 334 Å². The predicted octanol–water partition coefficient (Wildman–Crippen LogP) is 18.1. The SMILES string of the molecule is CCCCCCCCCCCCCCCCCCCCC/C=C/C(O)C(CO)NC(=O)CCCCCCCCCCCCCCCCCCCCCCCCCCCCC. The number of unbranched alkanes of at least 4 members (excludes halogenated alkanes) is 45. The average Bonchev–Trinajstić information content (AvgIpc) is 3.25. The first-order valence-corrected chi connectivity index (χ1v) is 27.9. The number of rotatable bonds is 52. The molecule has 0 rings (SSSR count). The molecule has 4 nitrogen and oxygen atoms in total. The Morgan fingerprint density at radius 2 is 0.617 bits per heavy atom. The van der Waals surface area contributed by atoms with Crippen molar-refractivity contribution in [3.63, 3.8) is 0 Å². The number of hydrogen-bond donors (Lipinski definition) is 3. The molecule has 0 aromatic heterocycles. The third-order valence-electron chi connectivity index (χ3n) is 13.3. The lowest BCUT2D eigenvalue weighted by molar-refractivity contribution is -0.123. The fourth-order valence-electron chi connectivity index (χ4n) is 9.01. The summed E-state index contributed by atoms with van der Waals surface area (Å²) in [6.07, 6.45) is 68.0. The second-order valence-corrected chi connectivity index (χ2v) is 19.4. The lowest BCUT2D eigenvalue weighted by atomic mass is 10.0. The van der Waals surface area contributed by atoms with Crippen LogP contribution < -0.4 is 5.32 Å². The first-order valence-electron chi connectivity index (χ1n) is 27.9. The molecule has 0 aliphatic carbocycles. The molecule has 0 aliphatic heterocycles. The number of carbonyl (C=O) groups excluding carboxylic acids is 1. The molecule has 1 amide bonds. The molecule has 60 heavy (non-hydrogen) atoms. The second-order valence-electron chi connectivity index (χ2n) is 19.4. The van der Waals surface area contributed by atoms with E-state index in [1.54, 1.807) is 6.08 Å². The third kappa shape index (κ3) is 48.2. The number of aliphatic hydroxyl groups is 2. The van der Waals surface area contributed by atoms with Crippen LogP contribution in [0.1, 0.15) is 322 Å². The van der Waals surface area contributed by atoms with Crippen LogP contribution in [-0.2, 0) is 4.79 Å². The standard InChI is InChI=1S/C56H111NO3/c1-3-5-7-9-11-13-15-17-19-21-23-25-26-27-28-29-30-32-34-36-38-40-42-44-46-48-50-52-56(60)57-54(53-58)55(59)51-49-47-45-43-41-39-37-35-33-31-24-22-20-18-16-14-12-10-8-6-4-2/h49,51,54-55,58-59H,3-48,50,52-53H2,1-2H3,(H,57,60)/b51-49+. The van der Waals surface area contributed by atoms with Gasteiger partial charge in [-0.1, -0.05) is 309 Å². The molecule has 0 aliphatic rings. The Balaban J connectivity index is 3.44. The molecule has 0 bridgehead atoms. The van der Waals surface area contributed by atoms with Crippen molar-refractivity contribution in [3.8, 4) is 0 Å². The fourth-order valence-corrected chi connectivity index (χ4v) is 9.01. The lowest BCUT2D eigenvalue weighted by Gasteiger charge is -2.20. The van der Waals surface area contributed by atoms with Gasteiger partial charge in [-0.05, 0) is 19.3 Å². The van der Waals surface area contributed by atoms with E-state index < -0.39 is 12.1 Å². The second kappa shape index (κ2) is 52.5. The van der Waals surface area contributed by atoms with E-state index in [4.69, 9.17) is 0 Å². The minimum absolute atomic E-state index is 0.0557. The minimum Gasteiger partial charge on any atom is -0.394 e. The number of amides is 1. The molecule has 0 fully saturated rings. The topological polar surface area (TPSA) is 69.6 Å². The van der Waals surface area contributed by atoms with Gasteiger partial charge in [0.1, 0.15) is 0 Å². The molecule has 2 atom stereocenters. The summed E-state index contributed by atoms with van der Waals surface area (Å²) in [6.45, 7) is 4.35. The van der Waals surface area contributed by atoms with Crippen molar-refractivity contribution in [2.75, 3.05) is 6.61 Å². The summed E-state index contributed by atoms with van der Waals surface area (Å²) in [4.78, 5) is 12.5. The van der Waals surface area contributed by atoms with Crippen molar-refractivity contribution in [1.82, 2.24) is 5.32 Å². The zero-order chi connectivity index (χ0) is 43.5. The van der Waals surface area contributed by atoms with Crippen molar-refractivity contribution in [2.24, 2.45) is 0 Å². The van der Waals surface area contributed by atoms with E-state index in [-0.39, 0.29) is 12.5 Å². The van der Waals surface area contributed by atoms with Crippen molar-refractivity contribution in [3.05, 3.63) is 12.2 Å². The Labute approximate surface area is 377 Å². The van der Waals surface area contributed by atoms with Crippen LogP contribution in [0.2, 0.25) is 0 Å². The summed E-state index contributed by atoms with van der Waals surface area (Å²) in [6, 6.07) is -0.618. The molecule has 0 aromatic rings. The molecular formula is C56H111NO3. The molecule has 4 heteroatoms. The molecule has 2 unspecified atom stereocenters. The van der Waals surface area contributed by atoms with E-state index in [1.165, 1.54) is 276 Å². The van der Waals surface area contributed by atoms with Crippen LogP contribution in [0.5, 0.6) is 0 Å². The first kappa shape index (κ1) is 59.1. The zero-order valence-corrected chi connectivity index (χ0v) is 41.3. The first-order chi connectivity index (χ1) is 29.7. The number of hydrogen-bond acceptors (Lipinski definition) is 3. The molecule has 0 saturated carbocycles. The van der Waals surface area contributed by atoms with Gasteiger partial charge in [-0.3, -0.25) is 4.79 Å². The minimum atomic E-state index is -0.835. The molecule has 0 aromatic carbocycles. The van der Waals surface area contributed by atoms with E-state index in [2.05, 4.69) is 19.2 Å². The van der Waals surface area contributed by atoms with Crippen LogP contribution in [0.25, 0.3) is 0 Å². The zero-order valence-electron chi connectivity index (χ0n) is 41.3. The summed E-state index contributed by atoms with van der Waals surface area (Å²) in [5, 5.41) is 23.2. The van der Waals surface area contributed by atoms with Gasteiger partial charge in [0.25, 0.3) is 0 Å². The van der Waals surface area contributed by atoms with Gasteiger partial charge >= 0.3 is 0 Å². The van der Waals surface area contributed by atoms with Crippen molar-refractivity contribution in [1.29, 1.82) is 0 Å². The van der Waals surface area contributed by atoms with E-state index in [1.807, 2.05) is 6.08 Å². The van der Waals surface area contributed by atoms with Crippen LogP contribution in [0, 0.1) is 0 Å². The molecule has 3 N–H and O–H groups in total. The summed E-state index contributed by atoms with van der Waals surface area (Å²) in [7, 11) is 0. The molecule has 0 radical (unpaired) electrons. The van der Waals surface area contributed by atoms with Crippen molar-refractivity contribution >= 4 is 5.91 Å². The summed E-state index contributed by atoms with van der Waals surface area (Å²) >= 11 is 0. The average molecular weight is 847 g/mol. The summed E-state index contributed by atoms with van der Waals surface area (Å²) < 4.78 is 0. The maximum absolute atomic E-state index is 12.5. The van der Waals surface area contributed by atoms with E-state index >= 15 is 0 Å². The van der Waals surface area contributed by atoms with E-state index in [0.717, 1.165) is 25.7 Å². The third-order valence-corrected chi connectivity index (χ3v) is 13.3. The highest BCUT2D eigenvalue weighted by molar-refractivity contribution is 5.76. The Bertz CT molecular complexity index is 829. The maximum Gasteiger partial charge on any atom is 0.220 e. The smallest absolute Gasteiger partial charge is 0.220 e. The maximum atomic E-state index is 12.5.